The van der Waals surface area contributed by atoms with Gasteiger partial charge in [0.1, 0.15) is 23.9 Å². The van der Waals surface area contributed by atoms with Crippen molar-refractivity contribution in [2.24, 2.45) is 0 Å². The molecule has 1 fully saturated rings. The standard InChI is InChI=1S/C24H20N2O5/c1-3-13-30-18-11-9-16(10-12-18)21-20(22(27)17-7-5-4-6-8-17)23(28)24(29)26(21)19-14-15(2)31-25-19/h3-12,14,21,27H,1,13H2,2H3/b22-20+/t21-/m0/s1. The molecule has 0 bridgehead atoms. The first kappa shape index (κ1) is 20.2. The van der Waals surface area contributed by atoms with Gasteiger partial charge in [-0.05, 0) is 24.6 Å². The smallest absolute Gasteiger partial charge is 0.301 e. The zero-order valence-corrected chi connectivity index (χ0v) is 16.8. The van der Waals surface area contributed by atoms with Crippen LogP contribution in [0, 0.1) is 6.92 Å². The fraction of sp³-hybridized carbons (Fsp3) is 0.125. The number of ether oxygens (including phenoxy) is 1. The summed E-state index contributed by atoms with van der Waals surface area (Å²) in [6, 6.07) is 16.3. The molecule has 0 saturated carbocycles. The van der Waals surface area contributed by atoms with Crippen molar-refractivity contribution >= 4 is 23.3 Å². The first-order valence-electron chi connectivity index (χ1n) is 9.64. The summed E-state index contributed by atoms with van der Waals surface area (Å²) >= 11 is 0. The van der Waals surface area contributed by atoms with E-state index in [0.29, 0.717) is 29.2 Å². The SMILES string of the molecule is C=CCOc1ccc([C@H]2/C(=C(\O)c3ccccc3)C(=O)C(=O)N2c2cc(C)on2)cc1. The summed E-state index contributed by atoms with van der Waals surface area (Å²) in [5, 5.41) is 14.9. The molecule has 7 nitrogen and oxygen atoms in total. The third-order valence-corrected chi connectivity index (χ3v) is 4.92. The second kappa shape index (κ2) is 8.31. The minimum absolute atomic E-state index is 0.0170. The average Bonchev–Trinajstić information content (AvgIpc) is 3.33. The molecule has 2 aromatic carbocycles. The number of carbonyl (C=O) groups is 2. The predicted molar refractivity (Wildman–Crippen MR) is 115 cm³/mol. The van der Waals surface area contributed by atoms with Crippen LogP contribution in [-0.2, 0) is 9.59 Å². The van der Waals surface area contributed by atoms with E-state index in [2.05, 4.69) is 11.7 Å². The first-order valence-corrected chi connectivity index (χ1v) is 9.64. The molecule has 1 amide bonds. The Balaban J connectivity index is 1.86. The minimum Gasteiger partial charge on any atom is -0.507 e. The number of aryl methyl sites for hydroxylation is 1. The molecular weight excluding hydrogens is 396 g/mol. The number of nitrogens with zero attached hydrogens (tertiary/aromatic N) is 2. The van der Waals surface area contributed by atoms with Crippen molar-refractivity contribution in [1.82, 2.24) is 5.16 Å². The van der Waals surface area contributed by atoms with Gasteiger partial charge in [-0.15, -0.1) is 0 Å². The van der Waals surface area contributed by atoms with Crippen molar-refractivity contribution in [2.75, 3.05) is 11.5 Å². The fourth-order valence-corrected chi connectivity index (χ4v) is 3.50. The van der Waals surface area contributed by atoms with Crippen molar-refractivity contribution in [3.8, 4) is 5.75 Å². The Kier molecular flexibility index (Phi) is 5.41. The number of ketones is 1. The molecule has 31 heavy (non-hydrogen) atoms. The molecule has 0 radical (unpaired) electrons. The summed E-state index contributed by atoms with van der Waals surface area (Å²) in [5.74, 6) is -0.531. The number of anilines is 1. The lowest BCUT2D eigenvalue weighted by atomic mass is 9.95. The summed E-state index contributed by atoms with van der Waals surface area (Å²) in [7, 11) is 0. The van der Waals surface area contributed by atoms with Gasteiger partial charge in [0.15, 0.2) is 5.82 Å². The van der Waals surface area contributed by atoms with Gasteiger partial charge in [-0.3, -0.25) is 14.5 Å². The number of benzene rings is 2. The normalized spacial score (nSPS) is 17.7. The van der Waals surface area contributed by atoms with Crippen LogP contribution in [0.15, 0.2) is 83.4 Å². The Morgan fingerprint density at radius 3 is 2.52 bits per heavy atom. The van der Waals surface area contributed by atoms with E-state index in [1.54, 1.807) is 73.7 Å². The van der Waals surface area contributed by atoms with Gasteiger partial charge in [-0.2, -0.15) is 0 Å². The summed E-state index contributed by atoms with van der Waals surface area (Å²) in [6.45, 7) is 5.66. The van der Waals surface area contributed by atoms with Crippen LogP contribution < -0.4 is 9.64 Å². The lowest BCUT2D eigenvalue weighted by Gasteiger charge is -2.23. The van der Waals surface area contributed by atoms with Crippen molar-refractivity contribution in [1.29, 1.82) is 0 Å². The number of rotatable bonds is 6. The summed E-state index contributed by atoms with van der Waals surface area (Å²) < 4.78 is 10.6. The highest BCUT2D eigenvalue weighted by molar-refractivity contribution is 6.51. The largest absolute Gasteiger partial charge is 0.507 e. The third-order valence-electron chi connectivity index (χ3n) is 4.92. The molecule has 3 aromatic rings. The van der Waals surface area contributed by atoms with E-state index in [9.17, 15) is 14.7 Å². The van der Waals surface area contributed by atoms with Crippen LogP contribution in [0.25, 0.3) is 5.76 Å². The van der Waals surface area contributed by atoms with Crippen LogP contribution in [0.4, 0.5) is 5.82 Å². The quantitative estimate of drug-likeness (QED) is 0.281. The predicted octanol–water partition coefficient (Wildman–Crippen LogP) is 4.17. The number of hydrogen-bond acceptors (Lipinski definition) is 6. The minimum atomic E-state index is -0.877. The highest BCUT2D eigenvalue weighted by atomic mass is 16.5. The summed E-state index contributed by atoms with van der Waals surface area (Å²) in [4.78, 5) is 27.2. The molecule has 0 unspecified atom stereocenters. The monoisotopic (exact) mass is 416 g/mol. The molecular formula is C24H20N2O5. The van der Waals surface area contributed by atoms with Crippen LogP contribution in [0.5, 0.6) is 5.75 Å². The van der Waals surface area contributed by atoms with Crippen LogP contribution >= 0.6 is 0 Å². The zero-order valence-electron chi connectivity index (χ0n) is 16.8. The molecule has 4 rings (SSSR count). The Labute approximate surface area is 178 Å². The van der Waals surface area contributed by atoms with Gasteiger partial charge in [0.2, 0.25) is 0 Å². The van der Waals surface area contributed by atoms with Gasteiger partial charge in [0.25, 0.3) is 5.78 Å². The number of hydrogen-bond donors (Lipinski definition) is 1. The van der Waals surface area contributed by atoms with Gasteiger partial charge in [0.05, 0.1) is 11.6 Å². The second-order valence-electron chi connectivity index (χ2n) is 7.00. The number of amides is 1. The molecule has 0 spiro atoms. The second-order valence-corrected chi connectivity index (χ2v) is 7.00. The molecule has 1 aliphatic rings. The maximum atomic E-state index is 13.0. The zero-order chi connectivity index (χ0) is 22.0. The number of carbonyl (C=O) groups excluding carboxylic acids is 2. The molecule has 156 valence electrons. The van der Waals surface area contributed by atoms with E-state index >= 15 is 0 Å². The van der Waals surface area contributed by atoms with Crippen molar-refractivity contribution in [3.05, 3.63) is 95.8 Å². The third kappa shape index (κ3) is 3.73. The number of aliphatic hydroxyl groups is 1. The lowest BCUT2D eigenvalue weighted by molar-refractivity contribution is -0.132. The van der Waals surface area contributed by atoms with Crippen molar-refractivity contribution in [2.45, 2.75) is 13.0 Å². The summed E-state index contributed by atoms with van der Waals surface area (Å²) in [5.41, 5.74) is 1.03. The molecule has 0 aliphatic carbocycles. The molecule has 1 N–H and O–H groups in total. The molecule has 1 aromatic heterocycles. The van der Waals surface area contributed by atoms with Gasteiger partial charge >= 0.3 is 5.91 Å². The van der Waals surface area contributed by atoms with Crippen LogP contribution in [0.1, 0.15) is 22.9 Å². The highest BCUT2D eigenvalue weighted by Gasteiger charge is 2.48. The van der Waals surface area contributed by atoms with E-state index in [4.69, 9.17) is 9.26 Å². The van der Waals surface area contributed by atoms with Crippen LogP contribution in [-0.4, -0.2) is 28.6 Å². The van der Waals surface area contributed by atoms with Gasteiger partial charge in [-0.1, -0.05) is 60.3 Å². The van der Waals surface area contributed by atoms with E-state index in [0.717, 1.165) is 0 Å². The maximum absolute atomic E-state index is 13.0. The Hall–Kier alpha value is -4.13. The van der Waals surface area contributed by atoms with Crippen molar-refractivity contribution < 1.29 is 24.0 Å². The molecule has 7 heteroatoms. The highest BCUT2D eigenvalue weighted by Crippen LogP contribution is 2.42. The first-order chi connectivity index (χ1) is 15.0. The van der Waals surface area contributed by atoms with E-state index in [1.807, 2.05) is 0 Å². The maximum Gasteiger partial charge on any atom is 0.301 e. The van der Waals surface area contributed by atoms with Crippen LogP contribution in [0.2, 0.25) is 0 Å². The molecule has 2 heterocycles. The average molecular weight is 416 g/mol. The molecule has 1 aliphatic heterocycles. The molecule has 1 saturated heterocycles. The van der Waals surface area contributed by atoms with Gasteiger partial charge < -0.3 is 14.4 Å². The summed E-state index contributed by atoms with van der Waals surface area (Å²) in [6.07, 6.45) is 1.63. The lowest BCUT2D eigenvalue weighted by Crippen LogP contribution is -2.29. The number of aliphatic hydroxyl groups excluding tert-OH is 1. The van der Waals surface area contributed by atoms with E-state index < -0.39 is 17.7 Å². The van der Waals surface area contributed by atoms with E-state index in [1.165, 1.54) is 4.90 Å². The Morgan fingerprint density at radius 1 is 1.19 bits per heavy atom. The Bertz CT molecular complexity index is 1160. The van der Waals surface area contributed by atoms with E-state index in [-0.39, 0.29) is 17.2 Å². The van der Waals surface area contributed by atoms with Gasteiger partial charge in [-0.25, -0.2) is 0 Å². The number of Topliss-reactive ketones (excluding diaryl/α,β-unsaturated/α-hetero) is 1. The fourth-order valence-electron chi connectivity index (χ4n) is 3.50. The molecule has 1 atom stereocenters. The van der Waals surface area contributed by atoms with Gasteiger partial charge in [0, 0.05) is 11.6 Å². The Morgan fingerprint density at radius 2 is 1.90 bits per heavy atom. The topological polar surface area (TPSA) is 92.9 Å². The number of aromatic nitrogens is 1. The van der Waals surface area contributed by atoms with Crippen LogP contribution in [0.3, 0.4) is 0 Å². The van der Waals surface area contributed by atoms with Crippen molar-refractivity contribution in [3.63, 3.8) is 0 Å².